The lowest BCUT2D eigenvalue weighted by Gasteiger charge is -2.40. The lowest BCUT2D eigenvalue weighted by molar-refractivity contribution is -0.141. The quantitative estimate of drug-likeness (QED) is 0.420. The number of nitrogens with one attached hydrogen (secondary N) is 1. The van der Waals surface area contributed by atoms with Crippen LogP contribution < -0.4 is 20.4 Å². The molecule has 1 aromatic carbocycles. The van der Waals surface area contributed by atoms with Crippen LogP contribution >= 0.6 is 12.4 Å². The molecule has 1 fully saturated rings. The summed E-state index contributed by atoms with van der Waals surface area (Å²) in [5, 5.41) is 21.9. The summed E-state index contributed by atoms with van der Waals surface area (Å²) in [6, 6.07) is 2.58. The molecule has 10 nitrogen and oxygen atoms in total. The number of hydrogen-bond acceptors (Lipinski definition) is 7. The van der Waals surface area contributed by atoms with Crippen LogP contribution in [0.15, 0.2) is 12.1 Å². The third-order valence-electron chi connectivity index (χ3n) is 4.93. The first kappa shape index (κ1) is 23.8. The summed E-state index contributed by atoms with van der Waals surface area (Å²) in [6.45, 7) is 2.28. The maximum atomic E-state index is 12.3. The van der Waals surface area contributed by atoms with E-state index in [4.69, 9.17) is 15.1 Å². The molecule has 2 amide bonds. The summed E-state index contributed by atoms with van der Waals surface area (Å²) in [5.74, 6) is -1.37. The Morgan fingerprint density at radius 1 is 1.40 bits per heavy atom. The topological polar surface area (TPSA) is 151 Å². The van der Waals surface area contributed by atoms with Crippen LogP contribution in [0.1, 0.15) is 29.3 Å². The summed E-state index contributed by atoms with van der Waals surface area (Å²) in [6.07, 6.45) is 0.868. The van der Waals surface area contributed by atoms with Crippen molar-refractivity contribution in [1.29, 1.82) is 0 Å². The summed E-state index contributed by atoms with van der Waals surface area (Å²) in [4.78, 5) is 36.4. The summed E-state index contributed by atoms with van der Waals surface area (Å²) < 4.78 is 11.1. The zero-order chi connectivity index (χ0) is 21.1. The lowest BCUT2D eigenvalue weighted by atomic mass is 9.78. The van der Waals surface area contributed by atoms with Gasteiger partial charge in [0.05, 0.1) is 19.1 Å². The van der Waals surface area contributed by atoms with Gasteiger partial charge in [-0.05, 0) is 30.8 Å². The Morgan fingerprint density at radius 2 is 2.10 bits per heavy atom. The molecule has 0 bridgehead atoms. The van der Waals surface area contributed by atoms with Gasteiger partial charge in [0.15, 0.2) is 0 Å². The predicted molar refractivity (Wildman–Crippen MR) is 110 cm³/mol. The molecule has 1 unspecified atom stereocenters. The van der Waals surface area contributed by atoms with Crippen molar-refractivity contribution in [3.63, 3.8) is 0 Å². The van der Waals surface area contributed by atoms with Gasteiger partial charge in [0.25, 0.3) is 0 Å². The highest BCUT2D eigenvalue weighted by atomic mass is 35.5. The minimum absolute atomic E-state index is 0. The van der Waals surface area contributed by atoms with Crippen LogP contribution in [0.5, 0.6) is 11.5 Å². The van der Waals surface area contributed by atoms with Gasteiger partial charge in [0, 0.05) is 13.5 Å². The van der Waals surface area contributed by atoms with Crippen molar-refractivity contribution in [2.45, 2.75) is 38.2 Å². The fourth-order valence-corrected chi connectivity index (χ4v) is 3.35. The largest absolute Gasteiger partial charge is 0.535 e. The van der Waals surface area contributed by atoms with Gasteiger partial charge in [-0.3, -0.25) is 9.59 Å². The fraction of sp³-hybridized carbons (Fsp3) is 0.500. The van der Waals surface area contributed by atoms with E-state index in [0.717, 1.165) is 0 Å². The van der Waals surface area contributed by atoms with E-state index in [2.05, 4.69) is 5.32 Å². The Balaban J connectivity index is 0.00000320. The van der Waals surface area contributed by atoms with Crippen molar-refractivity contribution < 1.29 is 33.9 Å². The SMILES string of the molecule is CC(=O)NCCC(N)C(=O)N1CC(Oc2ccc3c(c2C(=O)O)OB(O)CC3)C1.Cl. The molecule has 1 atom stereocenters. The molecule has 1 saturated heterocycles. The highest BCUT2D eigenvalue weighted by Gasteiger charge is 2.36. The van der Waals surface area contributed by atoms with E-state index < -0.39 is 19.1 Å². The molecule has 2 aliphatic rings. The second kappa shape index (κ2) is 10.0. The van der Waals surface area contributed by atoms with Gasteiger partial charge in [0.2, 0.25) is 11.8 Å². The normalized spacial score (nSPS) is 16.4. The Labute approximate surface area is 180 Å². The van der Waals surface area contributed by atoms with Gasteiger partial charge < -0.3 is 35.5 Å². The van der Waals surface area contributed by atoms with Crippen molar-refractivity contribution in [3.05, 3.63) is 23.3 Å². The average Bonchev–Trinajstić information content (AvgIpc) is 2.62. The number of amides is 2. The van der Waals surface area contributed by atoms with Crippen LogP contribution in [0.25, 0.3) is 0 Å². The van der Waals surface area contributed by atoms with Gasteiger partial charge in [-0.15, -0.1) is 12.4 Å². The zero-order valence-corrected chi connectivity index (χ0v) is 17.3. The number of fused-ring (bicyclic) bond motifs is 1. The maximum absolute atomic E-state index is 12.3. The molecule has 2 heterocycles. The number of carboxylic acid groups (broad SMARTS) is 1. The maximum Gasteiger partial charge on any atom is 0.522 e. The number of nitrogens with two attached hydrogens (primary N) is 1. The molecule has 0 radical (unpaired) electrons. The molecule has 164 valence electrons. The first-order valence-corrected chi connectivity index (χ1v) is 9.45. The number of rotatable bonds is 7. The minimum Gasteiger partial charge on any atom is -0.535 e. The second-order valence-electron chi connectivity index (χ2n) is 7.20. The Morgan fingerprint density at radius 3 is 2.73 bits per heavy atom. The first-order chi connectivity index (χ1) is 13.8. The van der Waals surface area contributed by atoms with Crippen LogP contribution in [0.2, 0.25) is 6.32 Å². The van der Waals surface area contributed by atoms with Crippen LogP contribution in [-0.2, 0) is 16.0 Å². The Kier molecular flexibility index (Phi) is 7.93. The van der Waals surface area contributed by atoms with Crippen LogP contribution in [-0.4, -0.2) is 71.7 Å². The smallest absolute Gasteiger partial charge is 0.522 e. The number of aromatic carboxylic acids is 1. The number of nitrogens with zero attached hydrogens (tertiary/aromatic N) is 1. The van der Waals surface area contributed by atoms with Gasteiger partial charge in [0.1, 0.15) is 23.2 Å². The molecule has 0 saturated carbocycles. The number of halogens is 1. The average molecular weight is 442 g/mol. The molecule has 2 aliphatic heterocycles. The van der Waals surface area contributed by atoms with Crippen LogP contribution in [0, 0.1) is 0 Å². The molecule has 12 heteroatoms. The summed E-state index contributed by atoms with van der Waals surface area (Å²) in [5.41, 5.74) is 6.44. The molecular formula is C18H25BClN3O7. The number of hydrogen-bond donors (Lipinski definition) is 4. The summed E-state index contributed by atoms with van der Waals surface area (Å²) in [7, 11) is -1.05. The van der Waals surface area contributed by atoms with Crippen molar-refractivity contribution in [2.75, 3.05) is 19.6 Å². The van der Waals surface area contributed by atoms with Gasteiger partial charge >= 0.3 is 13.1 Å². The van der Waals surface area contributed by atoms with Gasteiger partial charge in [-0.2, -0.15) is 0 Å². The van der Waals surface area contributed by atoms with Gasteiger partial charge in [-0.25, -0.2) is 4.79 Å². The molecule has 3 rings (SSSR count). The number of carbonyl (C=O) groups is 3. The number of likely N-dealkylation sites (tertiary alicyclic amines) is 1. The highest BCUT2D eigenvalue weighted by molar-refractivity contribution is 6.44. The van der Waals surface area contributed by atoms with Crippen molar-refractivity contribution >= 4 is 37.3 Å². The van der Waals surface area contributed by atoms with E-state index in [1.807, 2.05) is 0 Å². The van der Waals surface area contributed by atoms with E-state index in [0.29, 0.717) is 31.3 Å². The molecule has 30 heavy (non-hydrogen) atoms. The second-order valence-corrected chi connectivity index (χ2v) is 7.20. The van der Waals surface area contributed by atoms with E-state index >= 15 is 0 Å². The summed E-state index contributed by atoms with van der Waals surface area (Å²) >= 11 is 0. The first-order valence-electron chi connectivity index (χ1n) is 9.45. The Hall–Kier alpha value is -2.50. The van der Waals surface area contributed by atoms with Gasteiger partial charge in [-0.1, -0.05) is 6.07 Å². The fourth-order valence-electron chi connectivity index (χ4n) is 3.35. The van der Waals surface area contributed by atoms with E-state index in [1.165, 1.54) is 11.8 Å². The predicted octanol–water partition coefficient (Wildman–Crippen LogP) is -0.335. The van der Waals surface area contributed by atoms with Crippen molar-refractivity contribution in [2.24, 2.45) is 5.73 Å². The molecule has 0 spiro atoms. The standard InChI is InChI=1S/C18H24BN3O7.ClH/c1-10(23)21-7-5-13(20)17(24)22-8-12(9-22)28-14-3-2-11-4-6-19(27)29-16(11)15(14)18(25)26;/h2-3,12-13,27H,4-9,20H2,1H3,(H,21,23)(H,25,26);1H. The molecule has 1 aromatic rings. The third kappa shape index (κ3) is 5.35. The number of carbonyl (C=O) groups excluding carboxylic acids is 2. The third-order valence-corrected chi connectivity index (χ3v) is 4.93. The van der Waals surface area contributed by atoms with E-state index in [-0.39, 0.29) is 60.5 Å². The number of benzene rings is 1. The molecule has 5 N–H and O–H groups in total. The number of aryl methyl sites for hydroxylation is 1. The highest BCUT2D eigenvalue weighted by Crippen LogP contribution is 2.37. The minimum atomic E-state index is -1.21. The van der Waals surface area contributed by atoms with Crippen molar-refractivity contribution in [1.82, 2.24) is 10.2 Å². The molecule has 0 aliphatic carbocycles. The molecular weight excluding hydrogens is 416 g/mol. The lowest BCUT2D eigenvalue weighted by Crippen LogP contribution is -2.60. The van der Waals surface area contributed by atoms with Crippen molar-refractivity contribution in [3.8, 4) is 11.5 Å². The monoisotopic (exact) mass is 441 g/mol. The number of carboxylic acids is 1. The molecule has 0 aromatic heterocycles. The van der Waals surface area contributed by atoms with Crippen LogP contribution in [0.4, 0.5) is 0 Å². The zero-order valence-electron chi connectivity index (χ0n) is 16.5. The van der Waals surface area contributed by atoms with Crippen LogP contribution in [0.3, 0.4) is 0 Å². The Bertz CT molecular complexity index is 819. The van der Waals surface area contributed by atoms with E-state index in [9.17, 15) is 24.5 Å². The van der Waals surface area contributed by atoms with E-state index in [1.54, 1.807) is 12.1 Å². The number of ether oxygens (including phenoxy) is 1.